The molecule has 0 heterocycles. The Hall–Kier alpha value is -4.19. The Labute approximate surface area is 173 Å². The van der Waals surface area contributed by atoms with Gasteiger partial charge in [0, 0.05) is 18.2 Å². The number of carbonyl (C=O) groups excluding carboxylic acids is 1. The molecule has 0 amide bonds. The van der Waals surface area contributed by atoms with Crippen LogP contribution in [0.1, 0.15) is 11.1 Å². The first-order chi connectivity index (χ1) is 14.6. The molecule has 0 unspecified atom stereocenters. The first kappa shape index (κ1) is 20.5. The van der Waals surface area contributed by atoms with Gasteiger partial charge in [0.2, 0.25) is 0 Å². The number of hydrogen-bond donors (Lipinski definition) is 0. The quantitative estimate of drug-likeness (QED) is 0.136. The van der Waals surface area contributed by atoms with Gasteiger partial charge in [-0.2, -0.15) is 0 Å². The second-order valence-electron chi connectivity index (χ2n) is 6.21. The number of carbonyl (C=O) groups is 1. The minimum atomic E-state index is -0.585. The highest BCUT2D eigenvalue weighted by Crippen LogP contribution is 2.26. The maximum absolute atomic E-state index is 12.1. The second-order valence-corrected chi connectivity index (χ2v) is 6.21. The molecule has 6 heteroatoms. The summed E-state index contributed by atoms with van der Waals surface area (Å²) in [4.78, 5) is 22.3. The highest BCUT2D eigenvalue weighted by molar-refractivity contribution is 5.86. The minimum absolute atomic E-state index is 0.0703. The third kappa shape index (κ3) is 5.42. The Bertz CT molecular complexity index is 1090. The Morgan fingerprint density at radius 1 is 0.900 bits per heavy atom. The number of hydrogen-bond acceptors (Lipinski definition) is 5. The van der Waals surface area contributed by atoms with Gasteiger partial charge in [-0.25, -0.2) is 4.79 Å². The molecule has 0 fully saturated rings. The maximum Gasteiger partial charge on any atom is 0.336 e. The van der Waals surface area contributed by atoms with E-state index in [2.05, 4.69) is 0 Å². The zero-order chi connectivity index (χ0) is 21.3. The van der Waals surface area contributed by atoms with Crippen LogP contribution in [0.5, 0.6) is 11.5 Å². The number of ether oxygens (including phenoxy) is 2. The fourth-order valence-electron chi connectivity index (χ4n) is 2.78. The van der Waals surface area contributed by atoms with E-state index in [9.17, 15) is 14.9 Å². The first-order valence-corrected chi connectivity index (χ1v) is 9.11. The summed E-state index contributed by atoms with van der Waals surface area (Å²) in [7, 11) is 1.61. The van der Waals surface area contributed by atoms with Gasteiger partial charge < -0.3 is 9.47 Å². The van der Waals surface area contributed by atoms with Crippen LogP contribution in [-0.4, -0.2) is 18.0 Å². The van der Waals surface area contributed by atoms with Gasteiger partial charge in [-0.1, -0.05) is 54.6 Å². The van der Waals surface area contributed by atoms with Crippen molar-refractivity contribution in [3.63, 3.8) is 0 Å². The number of benzene rings is 3. The number of esters is 1. The van der Waals surface area contributed by atoms with Gasteiger partial charge in [0.25, 0.3) is 5.69 Å². The number of rotatable bonds is 7. The largest absolute Gasteiger partial charge is 0.497 e. The summed E-state index contributed by atoms with van der Waals surface area (Å²) in [5.74, 6) is 0.379. The lowest BCUT2D eigenvalue weighted by atomic mass is 9.97. The third-order valence-corrected chi connectivity index (χ3v) is 4.23. The predicted molar refractivity (Wildman–Crippen MR) is 114 cm³/mol. The molecule has 0 saturated heterocycles. The molecule has 0 aliphatic heterocycles. The average Bonchev–Trinajstić information content (AvgIpc) is 2.77. The molecule has 0 aromatic heterocycles. The van der Waals surface area contributed by atoms with E-state index in [1.165, 1.54) is 30.3 Å². The molecule has 150 valence electrons. The molecule has 0 aliphatic rings. The van der Waals surface area contributed by atoms with Crippen LogP contribution in [-0.2, 0) is 4.79 Å². The highest BCUT2D eigenvalue weighted by Gasteiger charge is 2.07. The standard InChI is InChI=1S/C24H19NO5/c1-29-22-10-5-9-19(17-22)23(18-7-3-2-4-8-18)11-6-12-24(26)30-21-15-13-20(14-16-21)25(27)28/h2-17H,1H3/b12-6+,23-11-. The molecule has 3 aromatic rings. The van der Waals surface area contributed by atoms with Crippen molar-refractivity contribution in [2.45, 2.75) is 0 Å². The Morgan fingerprint density at radius 2 is 1.60 bits per heavy atom. The van der Waals surface area contributed by atoms with Crippen molar-refractivity contribution in [2.24, 2.45) is 0 Å². The first-order valence-electron chi connectivity index (χ1n) is 9.11. The Kier molecular flexibility index (Phi) is 6.74. The van der Waals surface area contributed by atoms with E-state index in [4.69, 9.17) is 9.47 Å². The van der Waals surface area contributed by atoms with Crippen molar-refractivity contribution in [1.29, 1.82) is 0 Å². The van der Waals surface area contributed by atoms with Gasteiger partial charge in [-0.05, 0) is 41.0 Å². The van der Waals surface area contributed by atoms with Crippen molar-refractivity contribution in [3.05, 3.63) is 118 Å². The number of nitrogens with zero attached hydrogens (tertiary/aromatic N) is 1. The smallest absolute Gasteiger partial charge is 0.336 e. The lowest BCUT2D eigenvalue weighted by Gasteiger charge is -2.09. The van der Waals surface area contributed by atoms with Crippen LogP contribution in [0.4, 0.5) is 5.69 Å². The van der Waals surface area contributed by atoms with Crippen LogP contribution in [0.2, 0.25) is 0 Å². The number of methoxy groups -OCH3 is 1. The van der Waals surface area contributed by atoms with Crippen molar-refractivity contribution < 1.29 is 19.2 Å². The van der Waals surface area contributed by atoms with Crippen molar-refractivity contribution in [2.75, 3.05) is 7.11 Å². The van der Waals surface area contributed by atoms with Gasteiger partial charge in [0.15, 0.2) is 0 Å². The maximum atomic E-state index is 12.1. The second kappa shape index (κ2) is 9.84. The Morgan fingerprint density at radius 3 is 2.27 bits per heavy atom. The number of allylic oxidation sites excluding steroid dienone is 2. The topological polar surface area (TPSA) is 78.7 Å². The van der Waals surface area contributed by atoms with E-state index in [0.29, 0.717) is 0 Å². The van der Waals surface area contributed by atoms with E-state index < -0.39 is 10.9 Å². The van der Waals surface area contributed by atoms with E-state index in [1.807, 2.05) is 60.7 Å². The summed E-state index contributed by atoms with van der Waals surface area (Å²) >= 11 is 0. The van der Waals surface area contributed by atoms with Gasteiger partial charge in [-0.15, -0.1) is 0 Å². The summed E-state index contributed by atoms with van der Waals surface area (Å²) in [6.45, 7) is 0. The summed E-state index contributed by atoms with van der Waals surface area (Å²) in [6, 6.07) is 22.7. The molecule has 3 aromatic carbocycles. The highest BCUT2D eigenvalue weighted by atomic mass is 16.6. The molecule has 0 atom stereocenters. The predicted octanol–water partition coefficient (Wildman–Crippen LogP) is 5.20. The van der Waals surface area contributed by atoms with Gasteiger partial charge in [-0.3, -0.25) is 10.1 Å². The van der Waals surface area contributed by atoms with Gasteiger partial charge in [0.05, 0.1) is 12.0 Å². The molecule has 3 rings (SSSR count). The lowest BCUT2D eigenvalue weighted by Crippen LogP contribution is -2.03. The van der Waals surface area contributed by atoms with Crippen molar-refractivity contribution in [3.8, 4) is 11.5 Å². The van der Waals surface area contributed by atoms with Gasteiger partial charge in [0.1, 0.15) is 11.5 Å². The van der Waals surface area contributed by atoms with Crippen LogP contribution < -0.4 is 9.47 Å². The molecule has 6 nitrogen and oxygen atoms in total. The molecule has 0 saturated carbocycles. The average molecular weight is 401 g/mol. The van der Waals surface area contributed by atoms with Crippen molar-refractivity contribution in [1.82, 2.24) is 0 Å². The number of nitro benzene ring substituents is 1. The fraction of sp³-hybridized carbons (Fsp3) is 0.0417. The van der Waals surface area contributed by atoms with Crippen LogP contribution in [0.15, 0.2) is 97.1 Å². The number of nitro groups is 1. The summed E-state index contributed by atoms with van der Waals surface area (Å²) in [5.41, 5.74) is 2.76. The summed E-state index contributed by atoms with van der Waals surface area (Å²) in [5, 5.41) is 10.7. The van der Waals surface area contributed by atoms with Crippen molar-refractivity contribution >= 4 is 17.2 Å². The molecule has 0 aliphatic carbocycles. The van der Waals surface area contributed by atoms with E-state index in [1.54, 1.807) is 13.2 Å². The van der Waals surface area contributed by atoms with E-state index >= 15 is 0 Å². The monoisotopic (exact) mass is 401 g/mol. The molecule has 0 bridgehead atoms. The molecule has 0 N–H and O–H groups in total. The Balaban J connectivity index is 1.80. The van der Waals surface area contributed by atoms with Crippen LogP contribution >= 0.6 is 0 Å². The third-order valence-electron chi connectivity index (χ3n) is 4.23. The zero-order valence-electron chi connectivity index (χ0n) is 16.2. The summed E-state index contributed by atoms with van der Waals surface area (Å²) < 4.78 is 10.5. The molecule has 0 radical (unpaired) electrons. The fourth-order valence-corrected chi connectivity index (χ4v) is 2.78. The molecule has 30 heavy (non-hydrogen) atoms. The SMILES string of the molecule is COc1cccc(/C(=C\C=C\C(=O)Oc2ccc([N+](=O)[O-])cc2)c2ccccc2)c1. The van der Waals surface area contributed by atoms with E-state index in [0.717, 1.165) is 22.4 Å². The van der Waals surface area contributed by atoms with Crippen LogP contribution in [0.3, 0.4) is 0 Å². The van der Waals surface area contributed by atoms with Crippen LogP contribution in [0.25, 0.3) is 5.57 Å². The lowest BCUT2D eigenvalue weighted by molar-refractivity contribution is -0.384. The van der Waals surface area contributed by atoms with E-state index in [-0.39, 0.29) is 11.4 Å². The number of non-ortho nitro benzene ring substituents is 1. The normalized spacial score (nSPS) is 11.3. The summed E-state index contributed by atoms with van der Waals surface area (Å²) in [6.07, 6.45) is 4.72. The molecular formula is C24H19NO5. The molecule has 0 spiro atoms. The zero-order valence-corrected chi connectivity index (χ0v) is 16.2. The van der Waals surface area contributed by atoms with Gasteiger partial charge >= 0.3 is 5.97 Å². The molecular weight excluding hydrogens is 382 g/mol. The van der Waals surface area contributed by atoms with Crippen LogP contribution in [0, 0.1) is 10.1 Å². The minimum Gasteiger partial charge on any atom is -0.497 e.